The minimum absolute atomic E-state index is 0.233. The molecule has 0 aromatic heterocycles. The van der Waals surface area contributed by atoms with Crippen molar-refractivity contribution in [3.05, 3.63) is 29.8 Å². The van der Waals surface area contributed by atoms with Gasteiger partial charge in [-0.25, -0.2) is 0 Å². The number of piperidine rings is 1. The quantitative estimate of drug-likeness (QED) is 0.789. The van der Waals surface area contributed by atoms with Crippen LogP contribution in [0.5, 0.6) is 5.75 Å². The summed E-state index contributed by atoms with van der Waals surface area (Å²) < 4.78 is 5.30. The van der Waals surface area contributed by atoms with Gasteiger partial charge in [-0.15, -0.1) is 0 Å². The Hall–Kier alpha value is -1.35. The Morgan fingerprint density at radius 3 is 2.55 bits per heavy atom. The standard InChI is InChI=1S/C17H23NO2/c1-18-13-7-8-14(18)10-12(9-13)11-16(19)15-5-3-4-6-17(15)20-2/h3-6,12-14H,7-11H2,1-2H3. The molecule has 1 aromatic rings. The van der Waals surface area contributed by atoms with E-state index < -0.39 is 0 Å². The molecule has 20 heavy (non-hydrogen) atoms. The Labute approximate surface area is 120 Å². The topological polar surface area (TPSA) is 29.5 Å². The van der Waals surface area contributed by atoms with Crippen molar-refractivity contribution in [1.29, 1.82) is 0 Å². The van der Waals surface area contributed by atoms with E-state index in [1.807, 2.05) is 24.3 Å². The molecular formula is C17H23NO2. The van der Waals surface area contributed by atoms with Crippen LogP contribution in [0, 0.1) is 5.92 Å². The summed E-state index contributed by atoms with van der Waals surface area (Å²) in [6.07, 6.45) is 5.63. The van der Waals surface area contributed by atoms with Gasteiger partial charge in [0, 0.05) is 18.5 Å². The second-order valence-electron chi connectivity index (χ2n) is 6.22. The SMILES string of the molecule is COc1ccccc1C(=O)CC1CC2CCC(C1)N2C. The highest BCUT2D eigenvalue weighted by atomic mass is 16.5. The number of nitrogens with zero attached hydrogens (tertiary/aromatic N) is 1. The molecule has 1 aromatic carbocycles. The first kappa shape index (κ1) is 13.6. The average molecular weight is 273 g/mol. The van der Waals surface area contributed by atoms with Gasteiger partial charge in [-0.05, 0) is 50.8 Å². The molecule has 0 saturated carbocycles. The van der Waals surface area contributed by atoms with Crippen LogP contribution in [0.2, 0.25) is 0 Å². The Kier molecular flexibility index (Phi) is 3.79. The van der Waals surface area contributed by atoms with Crippen LogP contribution in [0.15, 0.2) is 24.3 Å². The molecule has 2 bridgehead atoms. The lowest BCUT2D eigenvalue weighted by Crippen LogP contribution is -2.40. The van der Waals surface area contributed by atoms with Gasteiger partial charge in [0.1, 0.15) is 5.75 Å². The predicted molar refractivity (Wildman–Crippen MR) is 79.2 cm³/mol. The van der Waals surface area contributed by atoms with E-state index in [1.54, 1.807) is 7.11 Å². The number of ketones is 1. The molecule has 2 fully saturated rings. The zero-order valence-electron chi connectivity index (χ0n) is 12.3. The molecule has 3 nitrogen and oxygen atoms in total. The van der Waals surface area contributed by atoms with Gasteiger partial charge >= 0.3 is 0 Å². The van der Waals surface area contributed by atoms with E-state index in [4.69, 9.17) is 4.74 Å². The van der Waals surface area contributed by atoms with E-state index in [0.29, 0.717) is 30.2 Å². The molecule has 2 saturated heterocycles. The number of Topliss-reactive ketones (excluding diaryl/α,β-unsaturated/α-hetero) is 1. The van der Waals surface area contributed by atoms with Crippen molar-refractivity contribution in [1.82, 2.24) is 4.90 Å². The van der Waals surface area contributed by atoms with E-state index >= 15 is 0 Å². The van der Waals surface area contributed by atoms with Gasteiger partial charge in [0.15, 0.2) is 5.78 Å². The van der Waals surface area contributed by atoms with Crippen molar-refractivity contribution in [2.45, 2.75) is 44.2 Å². The van der Waals surface area contributed by atoms with Crippen LogP contribution in [0.1, 0.15) is 42.5 Å². The summed E-state index contributed by atoms with van der Waals surface area (Å²) in [4.78, 5) is 15.0. The Morgan fingerprint density at radius 2 is 1.90 bits per heavy atom. The van der Waals surface area contributed by atoms with Gasteiger partial charge in [0.25, 0.3) is 0 Å². The third-order valence-corrected chi connectivity index (χ3v) is 5.08. The molecule has 0 aliphatic carbocycles. The van der Waals surface area contributed by atoms with Crippen molar-refractivity contribution < 1.29 is 9.53 Å². The van der Waals surface area contributed by atoms with Crippen LogP contribution >= 0.6 is 0 Å². The number of carbonyl (C=O) groups is 1. The maximum Gasteiger partial charge on any atom is 0.166 e. The van der Waals surface area contributed by atoms with Crippen LogP contribution in [0.3, 0.4) is 0 Å². The van der Waals surface area contributed by atoms with Crippen LogP contribution in [-0.2, 0) is 0 Å². The van der Waals surface area contributed by atoms with E-state index in [1.165, 1.54) is 25.7 Å². The molecule has 0 amide bonds. The molecule has 2 aliphatic heterocycles. The largest absolute Gasteiger partial charge is 0.496 e. The summed E-state index contributed by atoms with van der Waals surface area (Å²) in [5.41, 5.74) is 0.737. The molecule has 0 spiro atoms. The first-order chi connectivity index (χ1) is 9.69. The number of para-hydroxylation sites is 1. The molecule has 0 N–H and O–H groups in total. The molecule has 3 rings (SSSR count). The number of hydrogen-bond donors (Lipinski definition) is 0. The lowest BCUT2D eigenvalue weighted by molar-refractivity contribution is 0.0880. The molecule has 3 heteroatoms. The van der Waals surface area contributed by atoms with E-state index in [9.17, 15) is 4.79 Å². The second-order valence-corrected chi connectivity index (χ2v) is 6.22. The first-order valence-corrected chi connectivity index (χ1v) is 7.57. The van der Waals surface area contributed by atoms with Gasteiger partial charge in [-0.3, -0.25) is 4.79 Å². The number of carbonyl (C=O) groups excluding carboxylic acids is 1. The van der Waals surface area contributed by atoms with Gasteiger partial charge in [0.2, 0.25) is 0 Å². The summed E-state index contributed by atoms with van der Waals surface area (Å²) in [6.45, 7) is 0. The number of hydrogen-bond acceptors (Lipinski definition) is 3. The zero-order valence-corrected chi connectivity index (χ0v) is 12.3. The van der Waals surface area contributed by atoms with Gasteiger partial charge in [-0.1, -0.05) is 12.1 Å². The van der Waals surface area contributed by atoms with Gasteiger partial charge in [0.05, 0.1) is 12.7 Å². The maximum absolute atomic E-state index is 12.5. The van der Waals surface area contributed by atoms with Crippen molar-refractivity contribution >= 4 is 5.78 Å². The number of rotatable bonds is 4. The molecule has 108 valence electrons. The summed E-state index contributed by atoms with van der Waals surface area (Å²) in [5.74, 6) is 1.48. The van der Waals surface area contributed by atoms with Crippen LogP contribution in [0.4, 0.5) is 0 Å². The first-order valence-electron chi connectivity index (χ1n) is 7.57. The van der Waals surface area contributed by atoms with Gasteiger partial charge in [-0.2, -0.15) is 0 Å². The summed E-state index contributed by atoms with van der Waals surface area (Å²) in [5, 5.41) is 0. The van der Waals surface area contributed by atoms with Crippen molar-refractivity contribution in [2.75, 3.05) is 14.2 Å². The van der Waals surface area contributed by atoms with Crippen LogP contribution in [-0.4, -0.2) is 36.9 Å². The van der Waals surface area contributed by atoms with Crippen molar-refractivity contribution in [3.8, 4) is 5.75 Å². The molecule has 0 radical (unpaired) electrons. The third kappa shape index (κ3) is 2.47. The van der Waals surface area contributed by atoms with Gasteiger partial charge < -0.3 is 9.64 Å². The lowest BCUT2D eigenvalue weighted by Gasteiger charge is -2.36. The fraction of sp³-hybridized carbons (Fsp3) is 0.588. The Morgan fingerprint density at radius 1 is 1.25 bits per heavy atom. The lowest BCUT2D eigenvalue weighted by atomic mass is 9.86. The highest BCUT2D eigenvalue weighted by Gasteiger charge is 2.38. The Bertz CT molecular complexity index is 486. The van der Waals surface area contributed by atoms with E-state index in [2.05, 4.69) is 11.9 Å². The Balaban J connectivity index is 1.68. The molecular weight excluding hydrogens is 250 g/mol. The monoisotopic (exact) mass is 273 g/mol. The highest BCUT2D eigenvalue weighted by molar-refractivity contribution is 5.98. The highest BCUT2D eigenvalue weighted by Crippen LogP contribution is 2.39. The zero-order chi connectivity index (χ0) is 14.1. The van der Waals surface area contributed by atoms with Crippen molar-refractivity contribution in [3.63, 3.8) is 0 Å². The van der Waals surface area contributed by atoms with Crippen LogP contribution < -0.4 is 4.74 Å². The fourth-order valence-electron chi connectivity index (χ4n) is 3.94. The number of benzene rings is 1. The fourth-order valence-corrected chi connectivity index (χ4v) is 3.94. The van der Waals surface area contributed by atoms with E-state index in [-0.39, 0.29) is 5.78 Å². The number of methoxy groups -OCH3 is 1. The normalized spacial score (nSPS) is 29.4. The van der Waals surface area contributed by atoms with Crippen molar-refractivity contribution in [2.24, 2.45) is 5.92 Å². The minimum atomic E-state index is 0.233. The third-order valence-electron chi connectivity index (χ3n) is 5.08. The number of ether oxygens (including phenoxy) is 1. The minimum Gasteiger partial charge on any atom is -0.496 e. The molecule has 2 aliphatic rings. The smallest absolute Gasteiger partial charge is 0.166 e. The molecule has 2 atom stereocenters. The number of fused-ring (bicyclic) bond motifs is 2. The average Bonchev–Trinajstić information content (AvgIpc) is 2.68. The molecule has 2 unspecified atom stereocenters. The summed E-state index contributed by atoms with van der Waals surface area (Å²) in [7, 11) is 3.86. The maximum atomic E-state index is 12.5. The summed E-state index contributed by atoms with van der Waals surface area (Å²) in [6, 6.07) is 8.96. The van der Waals surface area contributed by atoms with E-state index in [0.717, 1.165) is 5.56 Å². The van der Waals surface area contributed by atoms with Crippen LogP contribution in [0.25, 0.3) is 0 Å². The predicted octanol–water partition coefficient (Wildman–Crippen LogP) is 3.14. The summed E-state index contributed by atoms with van der Waals surface area (Å²) >= 11 is 0. The second kappa shape index (κ2) is 5.57. The molecule has 2 heterocycles.